The quantitative estimate of drug-likeness (QED) is 0.794. The molecule has 0 fully saturated rings. The minimum atomic E-state index is -3.33. The number of rotatable bonds is 2. The molecule has 0 aliphatic carbocycles. The zero-order valence-electron chi connectivity index (χ0n) is 15.1. The predicted octanol–water partition coefficient (Wildman–Crippen LogP) is 3.13. The molecule has 0 spiro atoms. The van der Waals surface area contributed by atoms with Gasteiger partial charge in [-0.15, -0.1) is 0 Å². The van der Waals surface area contributed by atoms with Crippen LogP contribution in [0.4, 0.5) is 15.8 Å². The van der Waals surface area contributed by atoms with Crippen molar-refractivity contribution in [2.24, 2.45) is 0 Å². The molecular weight excluding hydrogens is 367 g/mol. The number of nitrogens with zero attached hydrogens (tertiary/aromatic N) is 2. The van der Waals surface area contributed by atoms with E-state index >= 15 is 0 Å². The Hall–Kier alpha value is -2.41. The Morgan fingerprint density at radius 3 is 2.37 bits per heavy atom. The van der Waals surface area contributed by atoms with Crippen LogP contribution in [0.25, 0.3) is 0 Å². The number of carbonyl (C=O) groups is 1. The van der Waals surface area contributed by atoms with Crippen molar-refractivity contribution in [2.75, 3.05) is 28.6 Å². The molecule has 4 rings (SSSR count). The van der Waals surface area contributed by atoms with Crippen molar-refractivity contribution in [3.05, 3.63) is 58.9 Å². The molecule has 2 aliphatic heterocycles. The van der Waals surface area contributed by atoms with Gasteiger partial charge < -0.3 is 4.90 Å². The number of amides is 1. The number of halogens is 1. The molecule has 2 aromatic carbocycles. The summed E-state index contributed by atoms with van der Waals surface area (Å²) in [6.45, 7) is 1.05. The van der Waals surface area contributed by atoms with E-state index in [4.69, 9.17) is 0 Å². The first-order valence-corrected chi connectivity index (χ1v) is 10.9. The van der Waals surface area contributed by atoms with Crippen molar-refractivity contribution in [1.82, 2.24) is 0 Å². The highest BCUT2D eigenvalue weighted by Crippen LogP contribution is 2.32. The van der Waals surface area contributed by atoms with Gasteiger partial charge in [0.2, 0.25) is 10.0 Å². The summed E-state index contributed by atoms with van der Waals surface area (Å²) in [5.74, 6) is -0.431. The van der Waals surface area contributed by atoms with Gasteiger partial charge >= 0.3 is 0 Å². The van der Waals surface area contributed by atoms with Crippen LogP contribution >= 0.6 is 0 Å². The third-order valence-electron chi connectivity index (χ3n) is 5.21. The maximum absolute atomic E-state index is 13.5. The van der Waals surface area contributed by atoms with Gasteiger partial charge in [0.1, 0.15) is 5.82 Å². The van der Waals surface area contributed by atoms with Crippen LogP contribution in [0.2, 0.25) is 0 Å². The van der Waals surface area contributed by atoms with Crippen molar-refractivity contribution >= 4 is 27.3 Å². The molecule has 27 heavy (non-hydrogen) atoms. The molecule has 5 nitrogen and oxygen atoms in total. The maximum Gasteiger partial charge on any atom is 0.258 e. The van der Waals surface area contributed by atoms with Crippen LogP contribution in [0.1, 0.15) is 34.3 Å². The summed E-state index contributed by atoms with van der Waals surface area (Å²) in [5, 5.41) is 0. The number of anilines is 2. The van der Waals surface area contributed by atoms with Gasteiger partial charge in [-0.05, 0) is 73.2 Å². The SMILES string of the molecule is CS(=O)(=O)N1CCCc2cc(C(=O)N3CCCc4cc(F)ccc43)ccc21. The Labute approximate surface area is 158 Å². The van der Waals surface area contributed by atoms with E-state index in [1.165, 1.54) is 22.7 Å². The van der Waals surface area contributed by atoms with Crippen LogP contribution in [0.3, 0.4) is 0 Å². The van der Waals surface area contributed by atoms with Gasteiger partial charge in [-0.25, -0.2) is 12.8 Å². The molecule has 2 aliphatic rings. The number of sulfonamides is 1. The molecule has 0 bridgehead atoms. The van der Waals surface area contributed by atoms with E-state index in [1.54, 1.807) is 29.2 Å². The molecule has 0 aromatic heterocycles. The molecule has 142 valence electrons. The third kappa shape index (κ3) is 3.32. The van der Waals surface area contributed by atoms with Gasteiger partial charge in [0.25, 0.3) is 5.91 Å². The predicted molar refractivity (Wildman–Crippen MR) is 103 cm³/mol. The molecule has 0 saturated heterocycles. The van der Waals surface area contributed by atoms with Gasteiger partial charge in [-0.1, -0.05) is 0 Å². The summed E-state index contributed by atoms with van der Waals surface area (Å²) in [6, 6.07) is 9.73. The van der Waals surface area contributed by atoms with Gasteiger partial charge in [0.05, 0.1) is 11.9 Å². The normalized spacial score (nSPS) is 16.7. The number of aryl methyl sites for hydroxylation is 2. The third-order valence-corrected chi connectivity index (χ3v) is 6.39. The summed E-state index contributed by atoms with van der Waals surface area (Å²) in [4.78, 5) is 14.8. The average molecular weight is 388 g/mol. The van der Waals surface area contributed by atoms with Crippen LogP contribution < -0.4 is 9.21 Å². The van der Waals surface area contributed by atoms with E-state index in [9.17, 15) is 17.6 Å². The van der Waals surface area contributed by atoms with Gasteiger partial charge in [0, 0.05) is 24.3 Å². The molecule has 0 unspecified atom stereocenters. The van der Waals surface area contributed by atoms with Crippen LogP contribution in [0.15, 0.2) is 36.4 Å². The molecule has 7 heteroatoms. The van der Waals surface area contributed by atoms with Crippen LogP contribution in [-0.4, -0.2) is 33.7 Å². The van der Waals surface area contributed by atoms with Crippen LogP contribution in [0.5, 0.6) is 0 Å². The molecule has 0 atom stereocenters. The van der Waals surface area contributed by atoms with E-state index in [0.717, 1.165) is 42.5 Å². The lowest BCUT2D eigenvalue weighted by atomic mass is 9.98. The molecule has 2 aromatic rings. The highest BCUT2D eigenvalue weighted by Gasteiger charge is 2.27. The lowest BCUT2D eigenvalue weighted by Crippen LogP contribution is -2.36. The second-order valence-corrected chi connectivity index (χ2v) is 9.02. The highest BCUT2D eigenvalue weighted by molar-refractivity contribution is 7.92. The minimum Gasteiger partial charge on any atom is -0.308 e. The zero-order chi connectivity index (χ0) is 19.2. The topological polar surface area (TPSA) is 57.7 Å². The zero-order valence-corrected chi connectivity index (χ0v) is 15.9. The summed E-state index contributed by atoms with van der Waals surface area (Å²) >= 11 is 0. The Balaban J connectivity index is 1.69. The minimum absolute atomic E-state index is 0.137. The van der Waals surface area contributed by atoms with Crippen molar-refractivity contribution in [3.8, 4) is 0 Å². The average Bonchev–Trinajstić information content (AvgIpc) is 2.65. The smallest absolute Gasteiger partial charge is 0.258 e. The molecule has 0 N–H and O–H groups in total. The first-order valence-electron chi connectivity index (χ1n) is 9.05. The first-order chi connectivity index (χ1) is 12.8. The molecule has 0 radical (unpaired) electrons. The van der Waals surface area contributed by atoms with Crippen molar-refractivity contribution in [2.45, 2.75) is 25.7 Å². The fraction of sp³-hybridized carbons (Fsp3) is 0.350. The van der Waals surface area contributed by atoms with Crippen LogP contribution in [-0.2, 0) is 22.9 Å². The Morgan fingerprint density at radius 1 is 0.963 bits per heavy atom. The lowest BCUT2D eigenvalue weighted by molar-refractivity contribution is 0.0985. The van der Waals surface area contributed by atoms with Crippen molar-refractivity contribution < 1.29 is 17.6 Å². The maximum atomic E-state index is 13.5. The van der Waals surface area contributed by atoms with E-state index < -0.39 is 10.0 Å². The Bertz CT molecular complexity index is 1020. The van der Waals surface area contributed by atoms with Crippen LogP contribution in [0, 0.1) is 5.82 Å². The van der Waals surface area contributed by atoms with E-state index in [1.807, 2.05) is 0 Å². The standard InChI is InChI=1S/C20H21FN2O3S/c1-27(25,26)23-11-3-5-14-12-16(6-8-19(14)23)20(24)22-10-2-4-15-13-17(21)7-9-18(15)22/h6-9,12-13H,2-5,10-11H2,1H3. The van der Waals surface area contributed by atoms with Gasteiger partial charge in [0.15, 0.2) is 0 Å². The molecule has 1 amide bonds. The number of fused-ring (bicyclic) bond motifs is 2. The monoisotopic (exact) mass is 388 g/mol. The fourth-order valence-electron chi connectivity index (χ4n) is 3.97. The molecule has 0 saturated carbocycles. The second-order valence-electron chi connectivity index (χ2n) is 7.12. The number of benzene rings is 2. The number of hydrogen-bond acceptors (Lipinski definition) is 3. The van der Waals surface area contributed by atoms with E-state index in [-0.39, 0.29) is 11.7 Å². The van der Waals surface area contributed by atoms with Crippen molar-refractivity contribution in [1.29, 1.82) is 0 Å². The fourth-order valence-corrected chi connectivity index (χ4v) is 4.97. The summed E-state index contributed by atoms with van der Waals surface area (Å²) in [7, 11) is -3.33. The Kier molecular flexibility index (Phi) is 4.42. The van der Waals surface area contributed by atoms with Gasteiger partial charge in [-0.2, -0.15) is 0 Å². The number of hydrogen-bond donors (Lipinski definition) is 0. The lowest BCUT2D eigenvalue weighted by Gasteiger charge is -2.31. The summed E-state index contributed by atoms with van der Waals surface area (Å²) in [6.07, 6.45) is 4.21. The van der Waals surface area contributed by atoms with E-state index in [0.29, 0.717) is 24.3 Å². The highest BCUT2D eigenvalue weighted by atomic mass is 32.2. The van der Waals surface area contributed by atoms with Gasteiger partial charge in [-0.3, -0.25) is 9.10 Å². The largest absolute Gasteiger partial charge is 0.308 e. The van der Waals surface area contributed by atoms with Crippen molar-refractivity contribution in [3.63, 3.8) is 0 Å². The van der Waals surface area contributed by atoms with E-state index in [2.05, 4.69) is 0 Å². The first kappa shape index (κ1) is 18.0. The Morgan fingerprint density at radius 2 is 1.63 bits per heavy atom. The summed E-state index contributed by atoms with van der Waals surface area (Å²) < 4.78 is 38.9. The second kappa shape index (κ2) is 6.64. The molecule has 2 heterocycles. The number of carbonyl (C=O) groups excluding carboxylic acids is 1. The summed E-state index contributed by atoms with van der Waals surface area (Å²) in [5.41, 5.74) is 3.65. The molecular formula is C20H21FN2O3S.